The molecule has 0 spiro atoms. The lowest BCUT2D eigenvalue weighted by molar-refractivity contribution is 0.0664. The first-order valence-corrected chi connectivity index (χ1v) is 8.47. The van der Waals surface area contributed by atoms with E-state index >= 15 is 0 Å². The molecule has 0 unspecified atom stereocenters. The lowest BCUT2D eigenvalue weighted by Crippen LogP contribution is -2.31. The summed E-state index contributed by atoms with van der Waals surface area (Å²) in [6.07, 6.45) is 0. The fourth-order valence-electron chi connectivity index (χ4n) is 2.37. The van der Waals surface area contributed by atoms with Gasteiger partial charge in [-0.15, -0.1) is 0 Å². The quantitative estimate of drug-likeness (QED) is 0.616. The third kappa shape index (κ3) is 3.03. The molecule has 1 aliphatic heterocycles. The topological polar surface area (TPSA) is 37.4 Å². The van der Waals surface area contributed by atoms with E-state index < -0.39 is 0 Å². The Labute approximate surface area is 138 Å². The summed E-state index contributed by atoms with van der Waals surface area (Å²) in [5.41, 5.74) is 2.20. The van der Waals surface area contributed by atoms with E-state index in [1.807, 2.05) is 24.3 Å². The molecule has 0 N–H and O–H groups in total. The summed E-state index contributed by atoms with van der Waals surface area (Å²) in [6, 6.07) is 14.7. The highest BCUT2D eigenvalue weighted by atomic mass is 35.5. The van der Waals surface area contributed by atoms with Crippen molar-refractivity contribution in [2.24, 2.45) is 0 Å². The molecule has 2 amide bonds. The Balaban J connectivity index is 1.54. The van der Waals surface area contributed by atoms with Gasteiger partial charge in [-0.3, -0.25) is 14.5 Å². The minimum Gasteiger partial charge on any atom is -0.274 e. The average molecular weight is 332 g/mol. The van der Waals surface area contributed by atoms with Crippen molar-refractivity contribution in [3.8, 4) is 0 Å². The number of imide groups is 1. The first-order valence-electron chi connectivity index (χ1n) is 6.94. The van der Waals surface area contributed by atoms with Crippen molar-refractivity contribution >= 4 is 35.2 Å². The molecule has 0 saturated carbocycles. The number of halogens is 1. The molecule has 0 saturated heterocycles. The van der Waals surface area contributed by atoms with Crippen LogP contribution in [0.15, 0.2) is 48.5 Å². The molecule has 1 aliphatic rings. The molecule has 3 rings (SSSR count). The second kappa shape index (κ2) is 6.55. The molecule has 0 aliphatic carbocycles. The monoisotopic (exact) mass is 331 g/mol. The summed E-state index contributed by atoms with van der Waals surface area (Å²) < 4.78 is 0. The zero-order valence-corrected chi connectivity index (χ0v) is 13.4. The van der Waals surface area contributed by atoms with Crippen LogP contribution in [0.3, 0.4) is 0 Å². The van der Waals surface area contributed by atoms with E-state index in [0.717, 1.165) is 10.8 Å². The molecule has 112 valence electrons. The minimum atomic E-state index is -0.187. The van der Waals surface area contributed by atoms with E-state index in [1.54, 1.807) is 36.0 Å². The molecule has 0 radical (unpaired) electrons. The van der Waals surface area contributed by atoms with Crippen LogP contribution in [0.2, 0.25) is 5.02 Å². The standard InChI is InChI=1S/C17H14ClNO2S/c18-13-7-5-12(6-8-13)11-22-10-9-19-16(20)14-3-1-2-4-15(14)17(19)21/h1-8H,9-11H2. The zero-order chi connectivity index (χ0) is 15.5. The van der Waals surface area contributed by atoms with Crippen molar-refractivity contribution in [1.29, 1.82) is 0 Å². The Morgan fingerprint density at radius 2 is 1.50 bits per heavy atom. The third-order valence-corrected chi connectivity index (χ3v) is 4.78. The van der Waals surface area contributed by atoms with Gasteiger partial charge in [0.15, 0.2) is 0 Å². The van der Waals surface area contributed by atoms with Crippen molar-refractivity contribution in [1.82, 2.24) is 4.90 Å². The van der Waals surface area contributed by atoms with Crippen LogP contribution in [0.25, 0.3) is 0 Å². The summed E-state index contributed by atoms with van der Waals surface area (Å²) in [5, 5.41) is 0.722. The molecule has 5 heteroatoms. The number of rotatable bonds is 5. The first-order chi connectivity index (χ1) is 10.7. The number of nitrogens with zero attached hydrogens (tertiary/aromatic N) is 1. The second-order valence-corrected chi connectivity index (χ2v) is 6.53. The van der Waals surface area contributed by atoms with Crippen molar-refractivity contribution in [3.05, 3.63) is 70.2 Å². The Kier molecular flexibility index (Phi) is 4.50. The number of amides is 2. The van der Waals surface area contributed by atoms with Gasteiger partial charge in [0, 0.05) is 23.1 Å². The normalized spacial score (nSPS) is 13.6. The number of hydrogen-bond acceptors (Lipinski definition) is 3. The fourth-order valence-corrected chi connectivity index (χ4v) is 3.38. The highest BCUT2D eigenvalue weighted by molar-refractivity contribution is 7.98. The van der Waals surface area contributed by atoms with Gasteiger partial charge in [-0.05, 0) is 29.8 Å². The van der Waals surface area contributed by atoms with Crippen LogP contribution in [0.4, 0.5) is 0 Å². The van der Waals surface area contributed by atoms with Gasteiger partial charge in [0.25, 0.3) is 11.8 Å². The molecule has 0 aromatic heterocycles. The van der Waals surface area contributed by atoms with Gasteiger partial charge >= 0.3 is 0 Å². The Morgan fingerprint density at radius 3 is 2.09 bits per heavy atom. The number of benzene rings is 2. The second-order valence-electron chi connectivity index (χ2n) is 4.99. The van der Waals surface area contributed by atoms with Gasteiger partial charge in [0.1, 0.15) is 0 Å². The molecule has 0 atom stereocenters. The lowest BCUT2D eigenvalue weighted by atomic mass is 10.1. The number of carbonyl (C=O) groups is 2. The van der Waals surface area contributed by atoms with Gasteiger partial charge < -0.3 is 0 Å². The maximum atomic E-state index is 12.2. The van der Waals surface area contributed by atoms with E-state index in [2.05, 4.69) is 0 Å². The van der Waals surface area contributed by atoms with Gasteiger partial charge in [0.05, 0.1) is 11.1 Å². The molecule has 2 aromatic carbocycles. The summed E-state index contributed by atoms with van der Waals surface area (Å²) in [4.78, 5) is 25.7. The van der Waals surface area contributed by atoms with E-state index in [0.29, 0.717) is 23.4 Å². The lowest BCUT2D eigenvalue weighted by Gasteiger charge is -2.13. The molecule has 3 nitrogen and oxygen atoms in total. The SMILES string of the molecule is O=C1c2ccccc2C(=O)N1CCSCc1ccc(Cl)cc1. The maximum absolute atomic E-state index is 12.2. The van der Waals surface area contributed by atoms with Crippen molar-refractivity contribution in [2.75, 3.05) is 12.3 Å². The van der Waals surface area contributed by atoms with Crippen LogP contribution in [-0.2, 0) is 5.75 Å². The van der Waals surface area contributed by atoms with Crippen LogP contribution in [0, 0.1) is 0 Å². The Hall–Kier alpha value is -1.78. The Bertz CT molecular complexity index is 680. The molecule has 0 bridgehead atoms. The van der Waals surface area contributed by atoms with E-state index in [1.165, 1.54) is 10.5 Å². The van der Waals surface area contributed by atoms with Crippen molar-refractivity contribution in [3.63, 3.8) is 0 Å². The third-order valence-electron chi connectivity index (χ3n) is 3.52. The molecule has 2 aromatic rings. The Morgan fingerprint density at radius 1 is 0.909 bits per heavy atom. The number of fused-ring (bicyclic) bond motifs is 1. The van der Waals surface area contributed by atoms with Gasteiger partial charge in [-0.1, -0.05) is 35.9 Å². The summed E-state index contributed by atoms with van der Waals surface area (Å²) in [6.45, 7) is 0.435. The van der Waals surface area contributed by atoms with Gasteiger partial charge in [0.2, 0.25) is 0 Å². The summed E-state index contributed by atoms with van der Waals surface area (Å²) >= 11 is 7.54. The molecule has 0 fully saturated rings. The van der Waals surface area contributed by atoms with E-state index in [4.69, 9.17) is 11.6 Å². The summed E-state index contributed by atoms with van der Waals surface area (Å²) in [7, 11) is 0. The molecule has 1 heterocycles. The number of carbonyl (C=O) groups excluding carboxylic acids is 2. The van der Waals surface area contributed by atoms with Crippen LogP contribution in [0.1, 0.15) is 26.3 Å². The zero-order valence-electron chi connectivity index (χ0n) is 11.8. The van der Waals surface area contributed by atoms with E-state index in [-0.39, 0.29) is 11.8 Å². The molecule has 22 heavy (non-hydrogen) atoms. The first kappa shape index (κ1) is 15.1. The van der Waals surface area contributed by atoms with Gasteiger partial charge in [-0.2, -0.15) is 11.8 Å². The fraction of sp³-hybridized carbons (Fsp3) is 0.176. The minimum absolute atomic E-state index is 0.187. The van der Waals surface area contributed by atoms with Crippen molar-refractivity contribution < 1.29 is 9.59 Å². The highest BCUT2D eigenvalue weighted by Gasteiger charge is 2.34. The maximum Gasteiger partial charge on any atom is 0.261 e. The predicted octanol–water partition coefficient (Wildman–Crippen LogP) is 3.87. The van der Waals surface area contributed by atoms with Crippen LogP contribution in [-0.4, -0.2) is 29.0 Å². The van der Waals surface area contributed by atoms with Crippen LogP contribution < -0.4 is 0 Å². The smallest absolute Gasteiger partial charge is 0.261 e. The largest absolute Gasteiger partial charge is 0.274 e. The van der Waals surface area contributed by atoms with Crippen LogP contribution >= 0.6 is 23.4 Å². The highest BCUT2D eigenvalue weighted by Crippen LogP contribution is 2.23. The van der Waals surface area contributed by atoms with E-state index in [9.17, 15) is 9.59 Å². The average Bonchev–Trinajstić information content (AvgIpc) is 2.78. The van der Waals surface area contributed by atoms with Crippen LogP contribution in [0.5, 0.6) is 0 Å². The predicted molar refractivity (Wildman–Crippen MR) is 89.4 cm³/mol. The molecular weight excluding hydrogens is 318 g/mol. The number of thioether (sulfide) groups is 1. The summed E-state index contributed by atoms with van der Waals surface area (Å²) in [5.74, 6) is 1.18. The van der Waals surface area contributed by atoms with Crippen molar-refractivity contribution in [2.45, 2.75) is 5.75 Å². The number of hydrogen-bond donors (Lipinski definition) is 0. The van der Waals surface area contributed by atoms with Gasteiger partial charge in [-0.25, -0.2) is 0 Å². The molecular formula is C17H14ClNO2S.